The van der Waals surface area contributed by atoms with Crippen molar-refractivity contribution >= 4 is 17.2 Å². The zero-order valence-corrected chi connectivity index (χ0v) is 14.2. The van der Waals surface area contributed by atoms with Crippen LogP contribution in [0.5, 0.6) is 0 Å². The van der Waals surface area contributed by atoms with E-state index in [0.717, 1.165) is 36.9 Å². The maximum Gasteiger partial charge on any atom is 0.223 e. The molecule has 22 heavy (non-hydrogen) atoms. The van der Waals surface area contributed by atoms with Gasteiger partial charge in [-0.15, -0.1) is 11.3 Å². The molecule has 0 atom stereocenters. The molecule has 0 spiro atoms. The molecule has 4 heteroatoms. The number of rotatable bonds is 5. The maximum atomic E-state index is 12.6. The first-order chi connectivity index (χ1) is 10.7. The summed E-state index contributed by atoms with van der Waals surface area (Å²) in [6.07, 6.45) is 8.74. The van der Waals surface area contributed by atoms with Gasteiger partial charge in [0.15, 0.2) is 0 Å². The summed E-state index contributed by atoms with van der Waals surface area (Å²) >= 11 is 1.73. The first-order valence-corrected chi connectivity index (χ1v) is 9.75. The topological polar surface area (TPSA) is 42.0 Å². The van der Waals surface area contributed by atoms with E-state index in [0.29, 0.717) is 23.7 Å². The molecule has 4 bridgehead atoms. The number of aromatic nitrogens is 1. The molecule has 1 aromatic rings. The van der Waals surface area contributed by atoms with Crippen molar-refractivity contribution in [3.63, 3.8) is 0 Å². The van der Waals surface area contributed by atoms with Gasteiger partial charge in [-0.2, -0.15) is 0 Å². The highest BCUT2D eigenvalue weighted by Crippen LogP contribution is 2.56. The molecule has 4 aliphatic carbocycles. The summed E-state index contributed by atoms with van der Waals surface area (Å²) < 4.78 is 0. The van der Waals surface area contributed by atoms with Crippen molar-refractivity contribution in [3.05, 3.63) is 16.1 Å². The molecule has 4 fully saturated rings. The number of carbonyl (C=O) groups excluding carboxylic acids is 1. The normalized spacial score (nSPS) is 35.8. The van der Waals surface area contributed by atoms with Gasteiger partial charge < -0.3 is 5.32 Å². The van der Waals surface area contributed by atoms with E-state index >= 15 is 0 Å². The van der Waals surface area contributed by atoms with E-state index in [-0.39, 0.29) is 0 Å². The summed E-state index contributed by atoms with van der Waals surface area (Å²) in [5.74, 6) is 3.95. The van der Waals surface area contributed by atoms with Gasteiger partial charge in [0.2, 0.25) is 5.91 Å². The van der Waals surface area contributed by atoms with Gasteiger partial charge in [0.05, 0.1) is 5.01 Å². The van der Waals surface area contributed by atoms with Crippen molar-refractivity contribution in [2.45, 2.75) is 51.9 Å². The average molecular weight is 318 g/mol. The summed E-state index contributed by atoms with van der Waals surface area (Å²) in [6.45, 7) is 2.84. The van der Waals surface area contributed by atoms with Gasteiger partial charge in [-0.3, -0.25) is 4.79 Å². The molecule has 120 valence electrons. The minimum absolute atomic E-state index is 0.329. The lowest BCUT2D eigenvalue weighted by Crippen LogP contribution is -2.51. The van der Waals surface area contributed by atoms with Gasteiger partial charge in [0.1, 0.15) is 0 Å². The van der Waals surface area contributed by atoms with Crippen molar-refractivity contribution in [1.82, 2.24) is 10.3 Å². The molecule has 4 saturated carbocycles. The van der Waals surface area contributed by atoms with Crippen LogP contribution in [0.3, 0.4) is 0 Å². The molecule has 0 unspecified atom stereocenters. The van der Waals surface area contributed by atoms with Crippen LogP contribution in [0.2, 0.25) is 0 Å². The number of nitrogens with zero attached hydrogens (tertiary/aromatic N) is 1. The van der Waals surface area contributed by atoms with Crippen molar-refractivity contribution in [2.24, 2.45) is 29.6 Å². The van der Waals surface area contributed by atoms with Gasteiger partial charge in [0, 0.05) is 30.0 Å². The van der Waals surface area contributed by atoms with Gasteiger partial charge >= 0.3 is 0 Å². The lowest BCUT2D eigenvalue weighted by Gasteiger charge is -2.53. The average Bonchev–Trinajstić information content (AvgIpc) is 2.88. The Labute approximate surface area is 136 Å². The van der Waals surface area contributed by atoms with E-state index in [9.17, 15) is 4.79 Å². The summed E-state index contributed by atoms with van der Waals surface area (Å²) in [7, 11) is 0. The molecule has 0 radical (unpaired) electrons. The third-order valence-corrected chi connectivity index (χ3v) is 7.09. The largest absolute Gasteiger partial charge is 0.356 e. The first-order valence-electron chi connectivity index (χ1n) is 8.87. The Hall–Kier alpha value is -0.900. The van der Waals surface area contributed by atoms with Crippen molar-refractivity contribution in [1.29, 1.82) is 0 Å². The van der Waals surface area contributed by atoms with Gasteiger partial charge in [-0.05, 0) is 69.1 Å². The van der Waals surface area contributed by atoms with E-state index in [2.05, 4.69) is 15.7 Å². The second-order valence-electron chi connectivity index (χ2n) is 7.73. The van der Waals surface area contributed by atoms with Crippen LogP contribution < -0.4 is 5.32 Å². The van der Waals surface area contributed by atoms with E-state index in [1.54, 1.807) is 11.3 Å². The number of hydrogen-bond donors (Lipinski definition) is 1. The zero-order chi connectivity index (χ0) is 15.1. The van der Waals surface area contributed by atoms with Crippen molar-refractivity contribution in [3.8, 4) is 0 Å². The van der Waals surface area contributed by atoms with Crippen molar-refractivity contribution in [2.75, 3.05) is 6.54 Å². The summed E-state index contributed by atoms with van der Waals surface area (Å²) in [5.41, 5.74) is 1.11. The van der Waals surface area contributed by atoms with E-state index < -0.39 is 0 Å². The molecule has 4 aliphatic rings. The highest BCUT2D eigenvalue weighted by atomic mass is 32.1. The molecule has 1 amide bonds. The summed E-state index contributed by atoms with van der Waals surface area (Å²) in [5, 5.41) is 6.52. The summed E-state index contributed by atoms with van der Waals surface area (Å²) in [6, 6.07) is 0. The van der Waals surface area contributed by atoms with E-state index in [1.165, 1.54) is 37.1 Å². The Morgan fingerprint density at radius 3 is 2.50 bits per heavy atom. The van der Waals surface area contributed by atoms with E-state index in [1.807, 2.05) is 6.92 Å². The number of aryl methyl sites for hydroxylation is 2. The number of nitrogens with one attached hydrogen (secondary N) is 1. The molecule has 0 aromatic carbocycles. The quantitative estimate of drug-likeness (QED) is 0.843. The maximum absolute atomic E-state index is 12.6. The number of hydrogen-bond acceptors (Lipinski definition) is 3. The van der Waals surface area contributed by atoms with Crippen LogP contribution in [0, 0.1) is 36.5 Å². The Morgan fingerprint density at radius 1 is 1.23 bits per heavy atom. The van der Waals surface area contributed by atoms with Crippen molar-refractivity contribution < 1.29 is 4.79 Å². The minimum Gasteiger partial charge on any atom is -0.356 e. The fourth-order valence-corrected chi connectivity index (χ4v) is 6.26. The lowest BCUT2D eigenvalue weighted by molar-refractivity contribution is -0.138. The molecule has 0 saturated heterocycles. The second-order valence-corrected chi connectivity index (χ2v) is 8.68. The van der Waals surface area contributed by atoms with Gasteiger partial charge in [-0.25, -0.2) is 4.98 Å². The molecular formula is C18H26N2OS. The standard InChI is InChI=1S/C18H26N2OS/c1-11-10-22-16(20-11)3-2-4-19-18(21)17-14-6-12-5-13(8-14)9-15(17)7-12/h10,12-15,17H,2-9H2,1H3,(H,19,21). The zero-order valence-electron chi connectivity index (χ0n) is 13.4. The van der Waals surface area contributed by atoms with Crippen LogP contribution in [-0.2, 0) is 11.2 Å². The fourth-order valence-electron chi connectivity index (χ4n) is 5.44. The Kier molecular flexibility index (Phi) is 3.97. The highest BCUT2D eigenvalue weighted by Gasteiger charge is 2.50. The third-order valence-electron chi connectivity index (χ3n) is 6.06. The molecule has 1 aromatic heterocycles. The fraction of sp³-hybridized carbons (Fsp3) is 0.778. The van der Waals surface area contributed by atoms with E-state index in [4.69, 9.17) is 0 Å². The van der Waals surface area contributed by atoms with Gasteiger partial charge in [0.25, 0.3) is 0 Å². The predicted octanol–water partition coefficient (Wildman–Crippen LogP) is 3.57. The Bertz CT molecular complexity index is 525. The molecule has 5 rings (SSSR count). The molecule has 0 aliphatic heterocycles. The predicted molar refractivity (Wildman–Crippen MR) is 88.7 cm³/mol. The SMILES string of the molecule is Cc1csc(CCCNC(=O)C2C3CC4CC(C3)CC2C4)n1. The van der Waals surface area contributed by atoms with Crippen LogP contribution >= 0.6 is 11.3 Å². The highest BCUT2D eigenvalue weighted by molar-refractivity contribution is 7.09. The first kappa shape index (κ1) is 14.7. The molecule has 1 heterocycles. The van der Waals surface area contributed by atoms with Crippen LogP contribution in [-0.4, -0.2) is 17.4 Å². The molecular weight excluding hydrogens is 292 g/mol. The van der Waals surface area contributed by atoms with Crippen LogP contribution in [0.25, 0.3) is 0 Å². The number of amides is 1. The van der Waals surface area contributed by atoms with Gasteiger partial charge in [-0.1, -0.05) is 0 Å². The number of thiazole rings is 1. The molecule has 1 N–H and O–H groups in total. The monoisotopic (exact) mass is 318 g/mol. The van der Waals surface area contributed by atoms with Crippen LogP contribution in [0.4, 0.5) is 0 Å². The smallest absolute Gasteiger partial charge is 0.223 e. The molecule has 3 nitrogen and oxygen atoms in total. The minimum atomic E-state index is 0.329. The summed E-state index contributed by atoms with van der Waals surface area (Å²) in [4.78, 5) is 17.1. The number of carbonyl (C=O) groups is 1. The Morgan fingerprint density at radius 2 is 1.91 bits per heavy atom. The third kappa shape index (κ3) is 2.82. The lowest BCUT2D eigenvalue weighted by atomic mass is 9.51. The Balaban J connectivity index is 1.26. The van der Waals surface area contributed by atoms with Crippen LogP contribution in [0.15, 0.2) is 5.38 Å². The van der Waals surface area contributed by atoms with Crippen LogP contribution in [0.1, 0.15) is 49.2 Å². The second kappa shape index (κ2) is 5.95.